The fourth-order valence-corrected chi connectivity index (χ4v) is 3.27. The highest BCUT2D eigenvalue weighted by Crippen LogP contribution is 2.37. The molecule has 0 amide bonds. The number of hydrogen-bond acceptors (Lipinski definition) is 2. The fourth-order valence-electron chi connectivity index (χ4n) is 2.61. The van der Waals surface area contributed by atoms with Crippen LogP contribution in [-0.2, 0) is 4.74 Å². The third-order valence-electron chi connectivity index (χ3n) is 3.86. The molecule has 20 heavy (non-hydrogen) atoms. The molecule has 1 aliphatic rings. The summed E-state index contributed by atoms with van der Waals surface area (Å²) >= 11 is 10.1. The second kappa shape index (κ2) is 7.67. The van der Waals surface area contributed by atoms with Crippen LogP contribution in [0.25, 0.3) is 0 Å². The number of methoxy groups -OCH3 is 1. The lowest BCUT2D eigenvalue weighted by atomic mass is 9.99. The summed E-state index contributed by atoms with van der Waals surface area (Å²) in [5.41, 5.74) is 2.22. The molecule has 1 saturated heterocycles. The quantitative estimate of drug-likeness (QED) is 0.654. The zero-order valence-electron chi connectivity index (χ0n) is 12.1. The van der Waals surface area contributed by atoms with Crippen LogP contribution >= 0.6 is 27.5 Å². The first-order chi connectivity index (χ1) is 9.61. The molecule has 0 aromatic heterocycles. The maximum Gasteiger partial charge on any atom is 0.123 e. The monoisotopic (exact) mass is 360 g/mol. The Morgan fingerprint density at radius 3 is 2.90 bits per heavy atom. The normalized spacial score (nSPS) is 20.7. The Bertz CT molecular complexity index is 444. The molecule has 0 spiro atoms. The summed E-state index contributed by atoms with van der Waals surface area (Å²) in [6.07, 6.45) is 5.94. The van der Waals surface area contributed by atoms with Crippen LogP contribution in [0.1, 0.15) is 48.6 Å². The number of benzene rings is 1. The van der Waals surface area contributed by atoms with Crippen LogP contribution in [0.5, 0.6) is 5.75 Å². The van der Waals surface area contributed by atoms with Crippen molar-refractivity contribution < 1.29 is 9.47 Å². The highest BCUT2D eigenvalue weighted by molar-refractivity contribution is 9.10. The number of rotatable bonds is 5. The second-order valence-corrected chi connectivity index (χ2v) is 6.76. The zero-order valence-corrected chi connectivity index (χ0v) is 14.5. The predicted molar refractivity (Wildman–Crippen MR) is 86.9 cm³/mol. The first-order valence-corrected chi connectivity index (χ1v) is 8.44. The summed E-state index contributed by atoms with van der Waals surface area (Å²) in [4.78, 5) is 0. The van der Waals surface area contributed by atoms with Crippen molar-refractivity contribution in [3.63, 3.8) is 0 Å². The van der Waals surface area contributed by atoms with Gasteiger partial charge in [-0.2, -0.15) is 0 Å². The Labute approximate surface area is 134 Å². The Morgan fingerprint density at radius 2 is 2.25 bits per heavy atom. The minimum absolute atomic E-state index is 0.0348. The van der Waals surface area contributed by atoms with Gasteiger partial charge in [0.05, 0.1) is 18.6 Å². The summed E-state index contributed by atoms with van der Waals surface area (Å²) in [5.74, 6) is 0.871. The Hall–Kier alpha value is -0.250. The Kier molecular flexibility index (Phi) is 6.19. The van der Waals surface area contributed by atoms with E-state index in [0.717, 1.165) is 40.8 Å². The van der Waals surface area contributed by atoms with Gasteiger partial charge in [0.25, 0.3) is 0 Å². The van der Waals surface area contributed by atoms with Crippen molar-refractivity contribution in [2.24, 2.45) is 0 Å². The molecule has 2 atom stereocenters. The molecular formula is C16H22BrClO2. The van der Waals surface area contributed by atoms with Crippen molar-refractivity contribution in [2.75, 3.05) is 13.7 Å². The van der Waals surface area contributed by atoms with Crippen LogP contribution in [0.15, 0.2) is 16.6 Å². The van der Waals surface area contributed by atoms with Crippen LogP contribution in [0.4, 0.5) is 0 Å². The van der Waals surface area contributed by atoms with Gasteiger partial charge in [-0.05, 0) is 56.7 Å². The molecule has 1 aromatic rings. The van der Waals surface area contributed by atoms with Crippen molar-refractivity contribution in [3.05, 3.63) is 27.7 Å². The molecule has 0 radical (unpaired) electrons. The SMILES string of the molecule is COc1cc(C)c(Br)cc1C(Cl)CCC1CCCCO1. The fraction of sp³-hybridized carbons (Fsp3) is 0.625. The standard InChI is InChI=1S/C16H22BrClO2/c1-11-9-16(19-2)13(10-14(11)17)15(18)7-6-12-5-3-4-8-20-12/h9-10,12,15H,3-8H2,1-2H3. The van der Waals surface area contributed by atoms with E-state index in [0.29, 0.717) is 6.10 Å². The van der Waals surface area contributed by atoms with Gasteiger partial charge in [-0.25, -0.2) is 0 Å². The minimum atomic E-state index is -0.0348. The van der Waals surface area contributed by atoms with Crippen LogP contribution < -0.4 is 4.74 Å². The van der Waals surface area contributed by atoms with Gasteiger partial charge in [-0.15, -0.1) is 11.6 Å². The Balaban J connectivity index is 2.00. The lowest BCUT2D eigenvalue weighted by Crippen LogP contribution is -2.19. The van der Waals surface area contributed by atoms with E-state index in [9.17, 15) is 0 Å². The van der Waals surface area contributed by atoms with Gasteiger partial charge in [0.2, 0.25) is 0 Å². The summed E-state index contributed by atoms with van der Waals surface area (Å²) in [5, 5.41) is -0.0348. The van der Waals surface area contributed by atoms with E-state index in [1.54, 1.807) is 7.11 Å². The third kappa shape index (κ3) is 4.12. The van der Waals surface area contributed by atoms with Crippen molar-refractivity contribution in [3.8, 4) is 5.75 Å². The largest absolute Gasteiger partial charge is 0.496 e. The average molecular weight is 362 g/mol. The third-order valence-corrected chi connectivity index (χ3v) is 5.17. The van der Waals surface area contributed by atoms with E-state index in [2.05, 4.69) is 28.9 Å². The van der Waals surface area contributed by atoms with E-state index in [1.165, 1.54) is 19.3 Å². The highest BCUT2D eigenvalue weighted by atomic mass is 79.9. The molecule has 4 heteroatoms. The summed E-state index contributed by atoms with van der Waals surface area (Å²) < 4.78 is 12.3. The van der Waals surface area contributed by atoms with Gasteiger partial charge in [-0.1, -0.05) is 15.9 Å². The molecule has 0 saturated carbocycles. The molecule has 0 bridgehead atoms. The van der Waals surface area contributed by atoms with Gasteiger partial charge >= 0.3 is 0 Å². The number of alkyl halides is 1. The summed E-state index contributed by atoms with van der Waals surface area (Å²) in [6.45, 7) is 2.95. The van der Waals surface area contributed by atoms with E-state index < -0.39 is 0 Å². The molecule has 2 nitrogen and oxygen atoms in total. The minimum Gasteiger partial charge on any atom is -0.496 e. The van der Waals surface area contributed by atoms with Crippen LogP contribution in [0.2, 0.25) is 0 Å². The average Bonchev–Trinajstić information content (AvgIpc) is 2.48. The van der Waals surface area contributed by atoms with Crippen molar-refractivity contribution >= 4 is 27.5 Å². The van der Waals surface area contributed by atoms with Crippen LogP contribution in [0, 0.1) is 6.92 Å². The van der Waals surface area contributed by atoms with Gasteiger partial charge in [0.15, 0.2) is 0 Å². The Morgan fingerprint density at radius 1 is 1.45 bits per heavy atom. The molecule has 1 aromatic carbocycles. The van der Waals surface area contributed by atoms with Crippen molar-refractivity contribution in [1.82, 2.24) is 0 Å². The van der Waals surface area contributed by atoms with Crippen molar-refractivity contribution in [2.45, 2.75) is 50.5 Å². The number of halogens is 2. The molecule has 1 fully saturated rings. The number of ether oxygens (including phenoxy) is 2. The maximum absolute atomic E-state index is 6.58. The highest BCUT2D eigenvalue weighted by Gasteiger charge is 2.19. The zero-order chi connectivity index (χ0) is 14.5. The van der Waals surface area contributed by atoms with E-state index in [1.807, 2.05) is 6.07 Å². The predicted octanol–water partition coefficient (Wildman–Crippen LogP) is 5.40. The second-order valence-electron chi connectivity index (χ2n) is 5.38. The molecule has 2 rings (SSSR count). The molecule has 0 N–H and O–H groups in total. The van der Waals surface area contributed by atoms with Gasteiger partial charge < -0.3 is 9.47 Å². The number of hydrogen-bond donors (Lipinski definition) is 0. The van der Waals surface area contributed by atoms with Crippen LogP contribution in [-0.4, -0.2) is 19.8 Å². The van der Waals surface area contributed by atoms with Gasteiger partial charge in [-0.3, -0.25) is 0 Å². The molecule has 2 unspecified atom stereocenters. The molecule has 1 aliphatic heterocycles. The lowest BCUT2D eigenvalue weighted by molar-refractivity contribution is 0.00998. The van der Waals surface area contributed by atoms with E-state index in [4.69, 9.17) is 21.1 Å². The van der Waals surface area contributed by atoms with Crippen LogP contribution in [0.3, 0.4) is 0 Å². The van der Waals surface area contributed by atoms with E-state index >= 15 is 0 Å². The number of aryl methyl sites for hydroxylation is 1. The van der Waals surface area contributed by atoms with Gasteiger partial charge in [0, 0.05) is 16.6 Å². The first kappa shape index (κ1) is 16.1. The first-order valence-electron chi connectivity index (χ1n) is 7.21. The molecule has 112 valence electrons. The maximum atomic E-state index is 6.58. The molecular weight excluding hydrogens is 340 g/mol. The smallest absolute Gasteiger partial charge is 0.123 e. The lowest BCUT2D eigenvalue weighted by Gasteiger charge is -2.24. The summed E-state index contributed by atoms with van der Waals surface area (Å²) in [6, 6.07) is 4.11. The van der Waals surface area contributed by atoms with E-state index in [-0.39, 0.29) is 5.38 Å². The molecule has 0 aliphatic carbocycles. The summed E-state index contributed by atoms with van der Waals surface area (Å²) in [7, 11) is 1.69. The van der Waals surface area contributed by atoms with Crippen molar-refractivity contribution in [1.29, 1.82) is 0 Å². The topological polar surface area (TPSA) is 18.5 Å². The van der Waals surface area contributed by atoms with Gasteiger partial charge in [0.1, 0.15) is 5.75 Å². The molecule has 1 heterocycles.